The highest BCUT2D eigenvalue weighted by molar-refractivity contribution is 5.81. The van der Waals surface area contributed by atoms with Gasteiger partial charge in [-0.15, -0.1) is 0 Å². The molecule has 24 heavy (non-hydrogen) atoms. The molecule has 0 radical (unpaired) electrons. The molecule has 2 amide bonds. The molecule has 0 fully saturated rings. The first kappa shape index (κ1) is 20.2. The molecule has 5 nitrogen and oxygen atoms in total. The van der Waals surface area contributed by atoms with Crippen LogP contribution in [-0.2, 0) is 16.0 Å². The highest BCUT2D eigenvalue weighted by Crippen LogP contribution is 2.13. The molecule has 0 saturated carbocycles. The quantitative estimate of drug-likeness (QED) is 0.754. The lowest BCUT2D eigenvalue weighted by molar-refractivity contribution is -0.132. The largest absolute Gasteiger partial charge is 0.348 e. The molecule has 0 unspecified atom stereocenters. The molecule has 134 valence electrons. The van der Waals surface area contributed by atoms with E-state index in [0.717, 1.165) is 12.0 Å². The summed E-state index contributed by atoms with van der Waals surface area (Å²) >= 11 is 0. The van der Waals surface area contributed by atoms with E-state index in [4.69, 9.17) is 0 Å². The Morgan fingerprint density at radius 3 is 2.12 bits per heavy atom. The van der Waals surface area contributed by atoms with Gasteiger partial charge in [0.2, 0.25) is 11.8 Å². The van der Waals surface area contributed by atoms with E-state index in [-0.39, 0.29) is 30.9 Å². The third kappa shape index (κ3) is 6.32. The predicted molar refractivity (Wildman–Crippen MR) is 97.8 cm³/mol. The molecule has 1 N–H and O–H groups in total. The second kappa shape index (κ2) is 10.1. The minimum Gasteiger partial charge on any atom is -0.348 e. The number of benzene rings is 1. The van der Waals surface area contributed by atoms with Crippen molar-refractivity contribution in [3.8, 4) is 0 Å². The van der Waals surface area contributed by atoms with Gasteiger partial charge in [-0.3, -0.25) is 14.5 Å². The molecule has 0 aliphatic carbocycles. The highest BCUT2D eigenvalue weighted by atomic mass is 16.2. The summed E-state index contributed by atoms with van der Waals surface area (Å²) in [6.45, 7) is 9.87. The number of nitrogens with one attached hydrogen (secondary N) is 1. The van der Waals surface area contributed by atoms with E-state index in [1.54, 1.807) is 16.8 Å². The Morgan fingerprint density at radius 2 is 1.62 bits per heavy atom. The lowest BCUT2D eigenvalue weighted by atomic mass is 10.1. The predicted octanol–water partition coefficient (Wildman–Crippen LogP) is 2.23. The van der Waals surface area contributed by atoms with Crippen LogP contribution in [0.3, 0.4) is 0 Å². The van der Waals surface area contributed by atoms with E-state index < -0.39 is 0 Å². The topological polar surface area (TPSA) is 52.7 Å². The Hall–Kier alpha value is -1.88. The zero-order valence-electron chi connectivity index (χ0n) is 15.6. The van der Waals surface area contributed by atoms with E-state index in [2.05, 4.69) is 36.5 Å². The van der Waals surface area contributed by atoms with Crippen LogP contribution in [0.2, 0.25) is 0 Å². The van der Waals surface area contributed by atoms with Crippen molar-refractivity contribution in [1.82, 2.24) is 15.1 Å². The molecule has 0 spiro atoms. The Balaban J connectivity index is 2.47. The second-order valence-corrected chi connectivity index (χ2v) is 6.12. The lowest BCUT2D eigenvalue weighted by Gasteiger charge is -2.23. The summed E-state index contributed by atoms with van der Waals surface area (Å²) in [5, 5.41) is 2.99. The van der Waals surface area contributed by atoms with Gasteiger partial charge in [-0.05, 0) is 45.4 Å². The number of rotatable bonds is 9. The van der Waals surface area contributed by atoms with E-state index in [0.29, 0.717) is 13.1 Å². The minimum atomic E-state index is -0.0723. The third-order valence-electron chi connectivity index (χ3n) is 4.20. The van der Waals surface area contributed by atoms with Gasteiger partial charge in [-0.25, -0.2) is 0 Å². The molecular formula is C19H31N3O2. The fraction of sp³-hybridized carbons (Fsp3) is 0.579. The Kier molecular flexibility index (Phi) is 8.47. The first-order valence-corrected chi connectivity index (χ1v) is 8.75. The van der Waals surface area contributed by atoms with Crippen LogP contribution in [0.5, 0.6) is 0 Å². The van der Waals surface area contributed by atoms with Crippen LogP contribution in [0, 0.1) is 0 Å². The minimum absolute atomic E-state index is 0.0460. The third-order valence-corrected chi connectivity index (χ3v) is 4.20. The van der Waals surface area contributed by atoms with Gasteiger partial charge in [-0.1, -0.05) is 31.2 Å². The fourth-order valence-electron chi connectivity index (χ4n) is 2.62. The summed E-state index contributed by atoms with van der Waals surface area (Å²) in [5.74, 6) is -0.0181. The van der Waals surface area contributed by atoms with E-state index in [9.17, 15) is 9.59 Å². The number of amides is 2. The molecular weight excluding hydrogens is 302 g/mol. The van der Waals surface area contributed by atoms with Crippen LogP contribution < -0.4 is 5.32 Å². The van der Waals surface area contributed by atoms with Crippen LogP contribution in [0.15, 0.2) is 24.3 Å². The maximum atomic E-state index is 12.2. The van der Waals surface area contributed by atoms with Gasteiger partial charge in [0.15, 0.2) is 0 Å². The molecule has 5 heteroatoms. The molecule has 1 aromatic rings. The van der Waals surface area contributed by atoms with E-state index >= 15 is 0 Å². The number of nitrogens with zero attached hydrogens (tertiary/aromatic N) is 2. The van der Waals surface area contributed by atoms with Crippen LogP contribution in [0.4, 0.5) is 0 Å². The van der Waals surface area contributed by atoms with Crippen molar-refractivity contribution >= 4 is 11.8 Å². The van der Waals surface area contributed by atoms with Gasteiger partial charge in [0.25, 0.3) is 0 Å². The number of carbonyl (C=O) groups is 2. The number of hydrogen-bond donors (Lipinski definition) is 1. The summed E-state index contributed by atoms with van der Waals surface area (Å²) < 4.78 is 0. The average Bonchev–Trinajstić information content (AvgIpc) is 2.55. The van der Waals surface area contributed by atoms with Crippen LogP contribution in [0.25, 0.3) is 0 Å². The molecule has 1 rings (SSSR count). The molecule has 0 aliphatic rings. The van der Waals surface area contributed by atoms with Crippen molar-refractivity contribution in [2.75, 3.05) is 33.2 Å². The van der Waals surface area contributed by atoms with Crippen molar-refractivity contribution in [3.63, 3.8) is 0 Å². The molecule has 0 bridgehead atoms. The van der Waals surface area contributed by atoms with Crippen LogP contribution >= 0.6 is 0 Å². The van der Waals surface area contributed by atoms with Crippen LogP contribution in [0.1, 0.15) is 44.9 Å². The molecule has 1 aromatic carbocycles. The first-order valence-electron chi connectivity index (χ1n) is 8.75. The molecule has 0 heterocycles. The van der Waals surface area contributed by atoms with Crippen molar-refractivity contribution in [3.05, 3.63) is 35.4 Å². The maximum absolute atomic E-state index is 12.2. The van der Waals surface area contributed by atoms with Gasteiger partial charge < -0.3 is 10.2 Å². The number of hydrogen-bond acceptors (Lipinski definition) is 3. The summed E-state index contributed by atoms with van der Waals surface area (Å²) in [6, 6.07) is 8.24. The second-order valence-electron chi connectivity index (χ2n) is 6.12. The molecule has 0 aliphatic heterocycles. The zero-order chi connectivity index (χ0) is 18.1. The number of aryl methyl sites for hydroxylation is 1. The smallest absolute Gasteiger partial charge is 0.236 e. The average molecular weight is 333 g/mol. The Labute approximate surface area is 146 Å². The number of likely N-dealkylation sites (N-methyl/N-ethyl adjacent to an activating group) is 2. The molecule has 0 aromatic heterocycles. The van der Waals surface area contributed by atoms with Crippen molar-refractivity contribution in [1.29, 1.82) is 0 Å². The standard InChI is InChI=1S/C19H31N3O2/c1-6-16-9-11-17(12-10-16)15(4)20-18(23)13-21(5)14-19(24)22(7-2)8-3/h9-12,15H,6-8,13-14H2,1-5H3,(H,20,23)/t15-/m0/s1. The summed E-state index contributed by atoms with van der Waals surface area (Å²) in [4.78, 5) is 27.7. The van der Waals surface area contributed by atoms with Gasteiger partial charge in [0.1, 0.15) is 0 Å². The molecule has 0 saturated heterocycles. The summed E-state index contributed by atoms with van der Waals surface area (Å²) in [5.41, 5.74) is 2.37. The zero-order valence-corrected chi connectivity index (χ0v) is 15.6. The molecule has 1 atom stereocenters. The SMILES string of the molecule is CCc1ccc([C@H](C)NC(=O)CN(C)CC(=O)N(CC)CC)cc1. The van der Waals surface area contributed by atoms with Crippen molar-refractivity contribution in [2.24, 2.45) is 0 Å². The highest BCUT2D eigenvalue weighted by Gasteiger charge is 2.16. The monoisotopic (exact) mass is 333 g/mol. The lowest BCUT2D eigenvalue weighted by Crippen LogP contribution is -2.43. The van der Waals surface area contributed by atoms with Crippen LogP contribution in [-0.4, -0.2) is 54.8 Å². The van der Waals surface area contributed by atoms with Gasteiger partial charge in [-0.2, -0.15) is 0 Å². The summed E-state index contributed by atoms with van der Waals surface area (Å²) in [6.07, 6.45) is 1.01. The fourth-order valence-corrected chi connectivity index (χ4v) is 2.62. The maximum Gasteiger partial charge on any atom is 0.236 e. The van der Waals surface area contributed by atoms with Crippen molar-refractivity contribution < 1.29 is 9.59 Å². The van der Waals surface area contributed by atoms with Gasteiger partial charge in [0.05, 0.1) is 19.1 Å². The first-order chi connectivity index (χ1) is 11.4. The van der Waals surface area contributed by atoms with Gasteiger partial charge in [0, 0.05) is 13.1 Å². The Bertz CT molecular complexity index is 524. The summed E-state index contributed by atoms with van der Waals surface area (Å²) in [7, 11) is 1.79. The normalized spacial score (nSPS) is 12.1. The van der Waals surface area contributed by atoms with Gasteiger partial charge >= 0.3 is 0 Å². The Morgan fingerprint density at radius 1 is 1.04 bits per heavy atom. The van der Waals surface area contributed by atoms with E-state index in [1.807, 2.05) is 20.8 Å². The van der Waals surface area contributed by atoms with E-state index in [1.165, 1.54) is 5.56 Å². The van der Waals surface area contributed by atoms with Crippen molar-refractivity contribution in [2.45, 2.75) is 40.2 Å². The number of carbonyl (C=O) groups excluding carboxylic acids is 2.